The number of benzene rings is 1. The van der Waals surface area contributed by atoms with Crippen LogP contribution in [0.15, 0.2) is 47.2 Å². The number of rotatable bonds is 5. The van der Waals surface area contributed by atoms with Crippen molar-refractivity contribution in [2.75, 3.05) is 12.4 Å². The summed E-state index contributed by atoms with van der Waals surface area (Å²) in [6.07, 6.45) is 1.52. The molecule has 0 radical (unpaired) electrons. The molecular formula is C19H16BrClN6O4. The van der Waals surface area contributed by atoms with Gasteiger partial charge in [-0.15, -0.1) is 0 Å². The lowest BCUT2D eigenvalue weighted by molar-refractivity contribution is -0.119. The molecule has 3 rings (SSSR count). The van der Waals surface area contributed by atoms with Crippen LogP contribution in [0.3, 0.4) is 0 Å². The maximum Gasteiger partial charge on any atom is 0.274 e. The number of nitrogens with zero attached hydrogens (tertiary/aromatic N) is 3. The lowest BCUT2D eigenvalue weighted by atomic mass is 10.1. The molecule has 10 nitrogen and oxygen atoms in total. The Kier molecular flexibility index (Phi) is 6.88. The summed E-state index contributed by atoms with van der Waals surface area (Å²) in [7, 11) is 1.40. The second kappa shape index (κ2) is 9.58. The van der Waals surface area contributed by atoms with E-state index < -0.39 is 17.7 Å². The van der Waals surface area contributed by atoms with E-state index in [-0.39, 0.29) is 28.5 Å². The first-order chi connectivity index (χ1) is 14.8. The number of hydrogen-bond donors (Lipinski definition) is 3. The predicted molar refractivity (Wildman–Crippen MR) is 116 cm³/mol. The largest absolute Gasteiger partial charge is 0.495 e. The number of anilines is 1. The molecule has 31 heavy (non-hydrogen) atoms. The van der Waals surface area contributed by atoms with Gasteiger partial charge in [-0.05, 0) is 40.2 Å². The average molecular weight is 508 g/mol. The minimum absolute atomic E-state index is 0.0717. The molecule has 0 bridgehead atoms. The zero-order chi connectivity index (χ0) is 22.5. The number of carbonyl (C=O) groups excluding carboxylic acids is 3. The molecule has 0 fully saturated rings. The monoisotopic (exact) mass is 506 g/mol. The summed E-state index contributed by atoms with van der Waals surface area (Å²) in [5.74, 6) is -1.21. The van der Waals surface area contributed by atoms with Crippen LogP contribution in [0.1, 0.15) is 27.8 Å². The smallest absolute Gasteiger partial charge is 0.274 e. The Morgan fingerprint density at radius 1 is 1.13 bits per heavy atom. The molecular weight excluding hydrogens is 492 g/mol. The number of methoxy groups -OCH3 is 1. The van der Waals surface area contributed by atoms with Crippen molar-refractivity contribution in [3.8, 4) is 11.6 Å². The maximum absolute atomic E-state index is 13.1. The van der Waals surface area contributed by atoms with Crippen LogP contribution in [-0.4, -0.2) is 39.6 Å². The molecule has 0 aliphatic heterocycles. The maximum atomic E-state index is 13.1. The normalized spacial score (nSPS) is 10.3. The Bertz CT molecular complexity index is 1170. The van der Waals surface area contributed by atoms with Gasteiger partial charge in [0.05, 0.1) is 23.4 Å². The van der Waals surface area contributed by atoms with Crippen molar-refractivity contribution >= 4 is 50.9 Å². The number of hydrazine groups is 1. The molecule has 0 saturated heterocycles. The molecule has 0 unspecified atom stereocenters. The van der Waals surface area contributed by atoms with Crippen molar-refractivity contribution in [3.05, 3.63) is 63.5 Å². The number of amides is 3. The van der Waals surface area contributed by atoms with E-state index in [1.165, 1.54) is 37.0 Å². The lowest BCUT2D eigenvalue weighted by Gasteiger charge is -2.15. The minimum atomic E-state index is -0.646. The number of para-hydroxylation sites is 1. The number of halogens is 2. The Morgan fingerprint density at radius 2 is 1.90 bits per heavy atom. The first-order valence-corrected chi connectivity index (χ1v) is 9.90. The molecule has 3 amide bonds. The highest BCUT2D eigenvalue weighted by Gasteiger charge is 2.23. The van der Waals surface area contributed by atoms with Crippen LogP contribution in [0.4, 0.5) is 5.69 Å². The Hall–Kier alpha value is -3.44. The van der Waals surface area contributed by atoms with E-state index in [0.717, 1.165) is 0 Å². The van der Waals surface area contributed by atoms with Crippen LogP contribution in [0, 0.1) is 0 Å². The Labute approximate surface area is 190 Å². The Balaban J connectivity index is 1.99. The van der Waals surface area contributed by atoms with Gasteiger partial charge in [0.25, 0.3) is 11.8 Å². The van der Waals surface area contributed by atoms with E-state index in [4.69, 9.17) is 16.3 Å². The van der Waals surface area contributed by atoms with Crippen LogP contribution < -0.4 is 20.9 Å². The van der Waals surface area contributed by atoms with Gasteiger partial charge in [0.15, 0.2) is 5.82 Å². The van der Waals surface area contributed by atoms with Crippen LogP contribution >= 0.6 is 27.5 Å². The van der Waals surface area contributed by atoms with Crippen LogP contribution in [0.5, 0.6) is 5.75 Å². The van der Waals surface area contributed by atoms with Gasteiger partial charge in [0.2, 0.25) is 5.91 Å². The van der Waals surface area contributed by atoms with E-state index >= 15 is 0 Å². The molecule has 2 aromatic heterocycles. The van der Waals surface area contributed by atoms with Gasteiger partial charge in [-0.25, -0.2) is 9.67 Å². The topological polar surface area (TPSA) is 127 Å². The quantitative estimate of drug-likeness (QED) is 0.456. The average Bonchev–Trinajstić information content (AvgIpc) is 3.14. The third-order valence-electron chi connectivity index (χ3n) is 3.93. The van der Waals surface area contributed by atoms with E-state index in [0.29, 0.717) is 9.63 Å². The van der Waals surface area contributed by atoms with Crippen LogP contribution in [0.25, 0.3) is 5.82 Å². The number of pyridine rings is 1. The molecule has 3 aromatic rings. The second-order valence-corrected chi connectivity index (χ2v) is 7.26. The molecule has 160 valence electrons. The van der Waals surface area contributed by atoms with Gasteiger partial charge in [-0.1, -0.05) is 17.7 Å². The van der Waals surface area contributed by atoms with Crippen molar-refractivity contribution < 1.29 is 19.1 Å². The van der Waals surface area contributed by atoms with Gasteiger partial charge in [0.1, 0.15) is 16.0 Å². The summed E-state index contributed by atoms with van der Waals surface area (Å²) in [5.41, 5.74) is 4.73. The highest BCUT2D eigenvalue weighted by molar-refractivity contribution is 9.10. The molecule has 0 atom stereocenters. The number of nitrogens with one attached hydrogen (secondary N) is 3. The van der Waals surface area contributed by atoms with E-state index in [1.807, 2.05) is 0 Å². The van der Waals surface area contributed by atoms with Crippen molar-refractivity contribution in [1.82, 2.24) is 25.6 Å². The van der Waals surface area contributed by atoms with Crippen molar-refractivity contribution in [2.24, 2.45) is 0 Å². The third-order valence-corrected chi connectivity index (χ3v) is 4.62. The van der Waals surface area contributed by atoms with E-state index in [1.54, 1.807) is 24.3 Å². The first-order valence-electron chi connectivity index (χ1n) is 8.73. The predicted octanol–water partition coefficient (Wildman–Crippen LogP) is 2.73. The van der Waals surface area contributed by atoms with Crippen LogP contribution in [0.2, 0.25) is 5.02 Å². The fourth-order valence-corrected chi connectivity index (χ4v) is 3.19. The van der Waals surface area contributed by atoms with Crippen molar-refractivity contribution in [3.63, 3.8) is 0 Å². The summed E-state index contributed by atoms with van der Waals surface area (Å²) < 4.78 is 6.94. The summed E-state index contributed by atoms with van der Waals surface area (Å²) in [4.78, 5) is 40.9. The number of ether oxygens (including phenoxy) is 1. The van der Waals surface area contributed by atoms with Gasteiger partial charge in [-0.3, -0.25) is 25.2 Å². The minimum Gasteiger partial charge on any atom is -0.495 e. The summed E-state index contributed by atoms with van der Waals surface area (Å²) in [6, 6.07) is 9.37. The zero-order valence-electron chi connectivity index (χ0n) is 16.3. The Morgan fingerprint density at radius 3 is 2.58 bits per heavy atom. The van der Waals surface area contributed by atoms with Gasteiger partial charge < -0.3 is 10.1 Å². The standard InChI is InChI=1S/C19H16BrClN6O4/c1-10(28)24-25-18(29)11-5-3-7-14(31-2)16(11)23-19(30)13-9-15(20)26-27(13)17-12(21)6-4-8-22-17/h3-9H,1-2H3,(H,23,30)(H,24,28)(H,25,29). The van der Waals surface area contributed by atoms with Gasteiger partial charge >= 0.3 is 0 Å². The highest BCUT2D eigenvalue weighted by Crippen LogP contribution is 2.30. The van der Waals surface area contributed by atoms with E-state index in [2.05, 4.69) is 42.2 Å². The SMILES string of the molecule is COc1cccc(C(=O)NNC(C)=O)c1NC(=O)c1cc(Br)nn1-c1ncccc1Cl. The van der Waals surface area contributed by atoms with Gasteiger partial charge in [0, 0.05) is 19.2 Å². The fourth-order valence-electron chi connectivity index (χ4n) is 2.62. The molecule has 0 spiro atoms. The highest BCUT2D eigenvalue weighted by atomic mass is 79.9. The molecule has 0 saturated carbocycles. The number of carbonyl (C=O) groups is 3. The number of aromatic nitrogens is 3. The molecule has 2 heterocycles. The molecule has 0 aliphatic carbocycles. The first kappa shape index (κ1) is 22.2. The summed E-state index contributed by atoms with van der Waals surface area (Å²) >= 11 is 9.45. The van der Waals surface area contributed by atoms with Crippen LogP contribution in [-0.2, 0) is 4.79 Å². The van der Waals surface area contributed by atoms with E-state index in [9.17, 15) is 14.4 Å². The zero-order valence-corrected chi connectivity index (χ0v) is 18.6. The van der Waals surface area contributed by atoms with Crippen molar-refractivity contribution in [1.29, 1.82) is 0 Å². The molecule has 3 N–H and O–H groups in total. The molecule has 0 aliphatic rings. The second-order valence-electron chi connectivity index (χ2n) is 6.05. The van der Waals surface area contributed by atoms with Gasteiger partial charge in [-0.2, -0.15) is 5.10 Å². The lowest BCUT2D eigenvalue weighted by Crippen LogP contribution is -2.40. The van der Waals surface area contributed by atoms with Crippen molar-refractivity contribution in [2.45, 2.75) is 6.92 Å². The summed E-state index contributed by atoms with van der Waals surface area (Å²) in [6.45, 7) is 1.25. The summed E-state index contributed by atoms with van der Waals surface area (Å²) in [5, 5.41) is 7.18. The number of hydrogen-bond acceptors (Lipinski definition) is 6. The molecule has 12 heteroatoms. The third kappa shape index (κ3) is 5.01. The fraction of sp³-hybridized carbons (Fsp3) is 0.105. The molecule has 1 aromatic carbocycles.